The Bertz CT molecular complexity index is 1210. The summed E-state index contributed by atoms with van der Waals surface area (Å²) >= 11 is 1.27. The van der Waals surface area contributed by atoms with Crippen LogP contribution in [0.2, 0.25) is 0 Å². The number of ketones is 1. The van der Waals surface area contributed by atoms with E-state index >= 15 is 0 Å². The highest BCUT2D eigenvalue weighted by Crippen LogP contribution is 2.29. The Morgan fingerprint density at radius 1 is 1.07 bits per heavy atom. The van der Waals surface area contributed by atoms with Gasteiger partial charge >= 0.3 is 0 Å². The highest BCUT2D eigenvalue weighted by Gasteiger charge is 2.16. The Morgan fingerprint density at radius 3 is 2.62 bits per heavy atom. The average molecular weight is 408 g/mol. The molecule has 2 aromatic carbocycles. The fourth-order valence-corrected chi connectivity index (χ4v) is 3.97. The minimum absolute atomic E-state index is 0.0457. The minimum Gasteiger partial charge on any atom is -0.493 e. The molecule has 148 valence electrons. The van der Waals surface area contributed by atoms with Gasteiger partial charge in [0.25, 0.3) is 0 Å². The molecule has 0 aliphatic heterocycles. The van der Waals surface area contributed by atoms with Crippen LogP contribution in [0.15, 0.2) is 47.6 Å². The van der Waals surface area contributed by atoms with E-state index in [0.717, 1.165) is 28.6 Å². The van der Waals surface area contributed by atoms with E-state index in [1.807, 2.05) is 18.2 Å². The lowest BCUT2D eigenvalue weighted by Gasteiger charge is -2.08. The second-order valence-electron chi connectivity index (χ2n) is 6.31. The van der Waals surface area contributed by atoms with Crippen molar-refractivity contribution in [3.05, 3.63) is 48.0 Å². The molecule has 0 unspecified atom stereocenters. The van der Waals surface area contributed by atoms with Crippen molar-refractivity contribution in [3.8, 4) is 11.5 Å². The minimum atomic E-state index is -0.0457. The monoisotopic (exact) mass is 408 g/mol. The quantitative estimate of drug-likeness (QED) is 0.338. The van der Waals surface area contributed by atoms with Crippen LogP contribution in [0, 0.1) is 0 Å². The highest BCUT2D eigenvalue weighted by molar-refractivity contribution is 7.99. The number of rotatable bonds is 7. The molecule has 2 aromatic heterocycles. The van der Waals surface area contributed by atoms with Gasteiger partial charge in [0.1, 0.15) is 5.52 Å². The third kappa shape index (κ3) is 3.51. The summed E-state index contributed by atoms with van der Waals surface area (Å²) in [5.41, 5.74) is 3.19. The molecule has 8 heteroatoms. The number of nitrogens with zero attached hydrogens (tertiary/aromatic N) is 4. The zero-order valence-corrected chi connectivity index (χ0v) is 17.2. The van der Waals surface area contributed by atoms with Gasteiger partial charge in [-0.05, 0) is 31.2 Å². The first-order valence-electron chi connectivity index (χ1n) is 9.16. The molecule has 0 saturated heterocycles. The van der Waals surface area contributed by atoms with E-state index in [-0.39, 0.29) is 11.5 Å². The smallest absolute Gasteiger partial charge is 0.211 e. The highest BCUT2D eigenvalue weighted by atomic mass is 32.2. The summed E-state index contributed by atoms with van der Waals surface area (Å²) in [5, 5.41) is 10.1. The molecule has 0 atom stereocenters. The van der Waals surface area contributed by atoms with Crippen LogP contribution in [0.1, 0.15) is 17.3 Å². The molecule has 2 heterocycles. The van der Waals surface area contributed by atoms with Gasteiger partial charge < -0.3 is 14.0 Å². The van der Waals surface area contributed by atoms with E-state index in [1.54, 1.807) is 32.4 Å². The molecule has 4 aromatic rings. The van der Waals surface area contributed by atoms with Crippen LogP contribution >= 0.6 is 11.8 Å². The van der Waals surface area contributed by atoms with Crippen LogP contribution in [0.4, 0.5) is 0 Å². The van der Waals surface area contributed by atoms with Gasteiger partial charge in [-0.3, -0.25) is 4.79 Å². The van der Waals surface area contributed by atoms with Gasteiger partial charge in [0.05, 0.1) is 25.5 Å². The fraction of sp³-hybridized carbons (Fsp3) is 0.238. The number of aryl methyl sites for hydroxylation is 1. The molecule has 0 aliphatic rings. The number of aromatic nitrogens is 4. The summed E-state index contributed by atoms with van der Waals surface area (Å²) in [5.74, 6) is 1.27. The maximum Gasteiger partial charge on any atom is 0.211 e. The number of carbonyl (C=O) groups is 1. The predicted octanol–water partition coefficient (Wildman–Crippen LogP) is 3.99. The molecule has 0 bridgehead atoms. The molecule has 0 radical (unpaired) electrons. The van der Waals surface area contributed by atoms with Crippen LogP contribution in [0.25, 0.3) is 22.1 Å². The second kappa shape index (κ2) is 8.08. The molecule has 0 aliphatic carbocycles. The SMILES string of the molecule is CCn1c2ccccc2c2nnc(SCC(=O)c3ccc(OC)c(OC)c3)nc21. The van der Waals surface area contributed by atoms with E-state index < -0.39 is 0 Å². The normalized spacial score (nSPS) is 11.1. The van der Waals surface area contributed by atoms with Crippen molar-refractivity contribution in [1.82, 2.24) is 19.7 Å². The summed E-state index contributed by atoms with van der Waals surface area (Å²) in [6.07, 6.45) is 0. The number of hydrogen-bond donors (Lipinski definition) is 0. The van der Waals surface area contributed by atoms with E-state index in [1.165, 1.54) is 11.8 Å². The number of hydrogen-bond acceptors (Lipinski definition) is 7. The standard InChI is InChI=1S/C21H20N4O3S/c1-4-25-15-8-6-5-7-14(15)19-20(25)22-21(24-23-19)29-12-16(26)13-9-10-17(27-2)18(11-13)28-3/h5-11H,4,12H2,1-3H3. The summed E-state index contributed by atoms with van der Waals surface area (Å²) in [4.78, 5) is 17.3. The predicted molar refractivity (Wildman–Crippen MR) is 113 cm³/mol. The zero-order valence-electron chi connectivity index (χ0n) is 16.4. The van der Waals surface area contributed by atoms with Crippen molar-refractivity contribution >= 4 is 39.6 Å². The number of benzene rings is 2. The molecule has 0 N–H and O–H groups in total. The Balaban J connectivity index is 1.58. The van der Waals surface area contributed by atoms with Gasteiger partial charge in [-0.2, -0.15) is 0 Å². The number of para-hydroxylation sites is 1. The van der Waals surface area contributed by atoms with Crippen molar-refractivity contribution in [2.75, 3.05) is 20.0 Å². The number of carbonyl (C=O) groups excluding carboxylic acids is 1. The van der Waals surface area contributed by atoms with Crippen molar-refractivity contribution < 1.29 is 14.3 Å². The van der Waals surface area contributed by atoms with Crippen LogP contribution in [-0.2, 0) is 6.54 Å². The largest absolute Gasteiger partial charge is 0.493 e. The van der Waals surface area contributed by atoms with E-state index in [0.29, 0.717) is 22.2 Å². The lowest BCUT2D eigenvalue weighted by Crippen LogP contribution is -2.05. The van der Waals surface area contributed by atoms with E-state index in [2.05, 4.69) is 32.7 Å². The molecule has 7 nitrogen and oxygen atoms in total. The molecular formula is C21H20N4O3S. The number of ether oxygens (including phenoxy) is 2. The third-order valence-corrected chi connectivity index (χ3v) is 5.55. The van der Waals surface area contributed by atoms with Crippen molar-refractivity contribution in [2.24, 2.45) is 0 Å². The van der Waals surface area contributed by atoms with Crippen molar-refractivity contribution in [3.63, 3.8) is 0 Å². The molecule has 0 saturated carbocycles. The van der Waals surface area contributed by atoms with Crippen molar-refractivity contribution in [1.29, 1.82) is 0 Å². The molecule has 0 spiro atoms. The Morgan fingerprint density at radius 2 is 1.86 bits per heavy atom. The maximum atomic E-state index is 12.6. The lowest BCUT2D eigenvalue weighted by atomic mass is 10.1. The van der Waals surface area contributed by atoms with Crippen LogP contribution in [-0.4, -0.2) is 45.5 Å². The topological polar surface area (TPSA) is 79.1 Å². The van der Waals surface area contributed by atoms with E-state index in [4.69, 9.17) is 9.47 Å². The van der Waals surface area contributed by atoms with E-state index in [9.17, 15) is 4.79 Å². The average Bonchev–Trinajstić information content (AvgIpc) is 3.09. The molecule has 0 amide bonds. The molecule has 0 fully saturated rings. The van der Waals surface area contributed by atoms with Crippen molar-refractivity contribution in [2.45, 2.75) is 18.6 Å². The number of fused-ring (bicyclic) bond motifs is 3. The number of Topliss-reactive ketones (excluding diaryl/α,β-unsaturated/α-hetero) is 1. The zero-order chi connectivity index (χ0) is 20.4. The van der Waals surface area contributed by atoms with Gasteiger partial charge in [0.15, 0.2) is 22.9 Å². The Labute approximate surface area is 172 Å². The summed E-state index contributed by atoms with van der Waals surface area (Å²) < 4.78 is 12.6. The van der Waals surface area contributed by atoms with Crippen LogP contribution in [0.5, 0.6) is 11.5 Å². The Kier molecular flexibility index (Phi) is 5.35. The molecule has 29 heavy (non-hydrogen) atoms. The number of methoxy groups -OCH3 is 2. The first-order chi connectivity index (χ1) is 14.2. The first-order valence-corrected chi connectivity index (χ1v) is 10.1. The maximum absolute atomic E-state index is 12.6. The first kappa shape index (κ1) is 19.2. The molecule has 4 rings (SSSR count). The lowest BCUT2D eigenvalue weighted by molar-refractivity contribution is 0.102. The van der Waals surface area contributed by atoms with Crippen LogP contribution < -0.4 is 9.47 Å². The van der Waals surface area contributed by atoms with Gasteiger partial charge in [-0.1, -0.05) is 30.0 Å². The van der Waals surface area contributed by atoms with Crippen LogP contribution in [0.3, 0.4) is 0 Å². The Hall–Kier alpha value is -3.13. The van der Waals surface area contributed by atoms with Gasteiger partial charge in [0.2, 0.25) is 5.16 Å². The van der Waals surface area contributed by atoms with Gasteiger partial charge in [-0.25, -0.2) is 4.98 Å². The fourth-order valence-electron chi connectivity index (χ4n) is 3.29. The van der Waals surface area contributed by atoms with Gasteiger partial charge in [0, 0.05) is 17.5 Å². The molecular weight excluding hydrogens is 388 g/mol. The third-order valence-electron chi connectivity index (χ3n) is 4.71. The second-order valence-corrected chi connectivity index (χ2v) is 7.25. The number of thioether (sulfide) groups is 1. The summed E-state index contributed by atoms with van der Waals surface area (Å²) in [6, 6.07) is 13.2. The van der Waals surface area contributed by atoms with Gasteiger partial charge in [-0.15, -0.1) is 10.2 Å². The summed E-state index contributed by atoms with van der Waals surface area (Å²) in [7, 11) is 3.10. The summed E-state index contributed by atoms with van der Waals surface area (Å²) in [6.45, 7) is 2.85.